The summed E-state index contributed by atoms with van der Waals surface area (Å²) in [5.74, 6) is -1.79. The largest absolute Gasteiger partial charge is 0.454 e. The fourth-order valence-electron chi connectivity index (χ4n) is 2.35. The van der Waals surface area contributed by atoms with Gasteiger partial charge in [-0.3, -0.25) is 14.9 Å². The van der Waals surface area contributed by atoms with Gasteiger partial charge in [-0.1, -0.05) is 12.1 Å². The van der Waals surface area contributed by atoms with Crippen LogP contribution >= 0.6 is 0 Å². The zero-order valence-corrected chi connectivity index (χ0v) is 13.7. The van der Waals surface area contributed by atoms with Crippen LogP contribution in [0.25, 0.3) is 6.08 Å². The van der Waals surface area contributed by atoms with Crippen molar-refractivity contribution in [2.24, 2.45) is 0 Å². The average molecular weight is 373 g/mol. The molecule has 0 bridgehead atoms. The lowest BCUT2D eigenvalue weighted by molar-refractivity contribution is -0.385. The number of Topliss-reactive ketones (excluding diaryl/α,β-unsaturated/α-hetero) is 1. The Labute approximate surface area is 151 Å². The topological polar surface area (TPSA) is 105 Å². The molecule has 8 nitrogen and oxygen atoms in total. The first kappa shape index (κ1) is 18.1. The molecule has 1 aliphatic heterocycles. The van der Waals surface area contributed by atoms with Gasteiger partial charge in [0.25, 0.3) is 5.69 Å². The summed E-state index contributed by atoms with van der Waals surface area (Å²) in [6, 6.07) is 7.85. The molecule has 0 aromatic heterocycles. The van der Waals surface area contributed by atoms with E-state index in [0.717, 1.165) is 18.2 Å². The van der Waals surface area contributed by atoms with Crippen LogP contribution in [0.5, 0.6) is 11.5 Å². The van der Waals surface area contributed by atoms with Crippen molar-refractivity contribution in [1.82, 2.24) is 0 Å². The van der Waals surface area contributed by atoms with Crippen molar-refractivity contribution in [2.45, 2.75) is 0 Å². The van der Waals surface area contributed by atoms with E-state index >= 15 is 0 Å². The Bertz CT molecular complexity index is 955. The van der Waals surface area contributed by atoms with Gasteiger partial charge in [-0.25, -0.2) is 9.18 Å². The SMILES string of the molecule is O=C(/C=C/c1cc2c(cc1[N+](=O)[O-])OCO2)OCC(=O)c1ccccc1F. The van der Waals surface area contributed by atoms with Crippen molar-refractivity contribution < 1.29 is 33.1 Å². The molecule has 0 aliphatic carbocycles. The highest BCUT2D eigenvalue weighted by Crippen LogP contribution is 2.38. The fourth-order valence-corrected chi connectivity index (χ4v) is 2.35. The lowest BCUT2D eigenvalue weighted by Gasteiger charge is -2.03. The number of esters is 1. The van der Waals surface area contributed by atoms with Crippen molar-refractivity contribution in [3.8, 4) is 11.5 Å². The van der Waals surface area contributed by atoms with Crippen LogP contribution in [0.1, 0.15) is 15.9 Å². The number of benzene rings is 2. The summed E-state index contributed by atoms with van der Waals surface area (Å²) in [6.45, 7) is -0.715. The highest BCUT2D eigenvalue weighted by molar-refractivity contribution is 5.99. The minimum absolute atomic E-state index is 0.0557. The van der Waals surface area contributed by atoms with E-state index in [0.29, 0.717) is 5.75 Å². The average Bonchev–Trinajstić information content (AvgIpc) is 3.11. The molecule has 138 valence electrons. The third kappa shape index (κ3) is 4.09. The van der Waals surface area contributed by atoms with Crippen molar-refractivity contribution in [2.75, 3.05) is 13.4 Å². The van der Waals surface area contributed by atoms with E-state index in [1.807, 2.05) is 0 Å². The Balaban J connectivity index is 1.68. The van der Waals surface area contributed by atoms with Crippen LogP contribution in [-0.2, 0) is 9.53 Å². The quantitative estimate of drug-likeness (QED) is 0.252. The highest BCUT2D eigenvalue weighted by Gasteiger charge is 2.22. The number of carbonyl (C=O) groups is 2. The molecule has 1 heterocycles. The Kier molecular flexibility index (Phi) is 5.11. The number of nitro benzene ring substituents is 1. The van der Waals surface area contributed by atoms with Gasteiger partial charge in [-0.15, -0.1) is 0 Å². The van der Waals surface area contributed by atoms with E-state index in [4.69, 9.17) is 14.2 Å². The predicted molar refractivity (Wildman–Crippen MR) is 89.9 cm³/mol. The van der Waals surface area contributed by atoms with E-state index in [-0.39, 0.29) is 29.4 Å². The maximum atomic E-state index is 13.5. The summed E-state index contributed by atoms with van der Waals surface area (Å²) in [7, 11) is 0. The van der Waals surface area contributed by atoms with Crippen molar-refractivity contribution in [3.05, 3.63) is 69.5 Å². The minimum Gasteiger partial charge on any atom is -0.454 e. The molecule has 0 spiro atoms. The third-order valence-electron chi connectivity index (χ3n) is 3.64. The van der Waals surface area contributed by atoms with Gasteiger partial charge in [-0.2, -0.15) is 0 Å². The number of ketones is 1. The number of rotatable bonds is 6. The van der Waals surface area contributed by atoms with Gasteiger partial charge in [0.2, 0.25) is 12.6 Å². The zero-order valence-electron chi connectivity index (χ0n) is 13.7. The zero-order chi connectivity index (χ0) is 19.4. The molecule has 3 rings (SSSR count). The van der Waals surface area contributed by atoms with Gasteiger partial charge in [-0.05, 0) is 24.3 Å². The molecule has 0 radical (unpaired) electrons. The Morgan fingerprint density at radius 3 is 2.63 bits per heavy atom. The summed E-state index contributed by atoms with van der Waals surface area (Å²) < 4.78 is 28.5. The van der Waals surface area contributed by atoms with E-state index < -0.39 is 29.1 Å². The van der Waals surface area contributed by atoms with E-state index in [9.17, 15) is 24.1 Å². The first-order chi connectivity index (χ1) is 13.0. The summed E-state index contributed by atoms with van der Waals surface area (Å²) in [5, 5.41) is 11.1. The minimum atomic E-state index is -0.911. The van der Waals surface area contributed by atoms with Gasteiger partial charge in [0.15, 0.2) is 18.1 Å². The first-order valence-electron chi connectivity index (χ1n) is 7.66. The maximum Gasteiger partial charge on any atom is 0.331 e. The highest BCUT2D eigenvalue weighted by atomic mass is 19.1. The molecule has 0 fully saturated rings. The molecule has 0 atom stereocenters. The summed E-state index contributed by atoms with van der Waals surface area (Å²) in [6.07, 6.45) is 2.09. The molecule has 0 unspecified atom stereocenters. The summed E-state index contributed by atoms with van der Waals surface area (Å²) in [5.41, 5.74) is -0.381. The smallest absolute Gasteiger partial charge is 0.331 e. The second kappa shape index (κ2) is 7.65. The van der Waals surface area contributed by atoms with Crippen molar-refractivity contribution >= 4 is 23.5 Å². The van der Waals surface area contributed by atoms with Gasteiger partial charge in [0, 0.05) is 6.08 Å². The maximum absolute atomic E-state index is 13.5. The number of fused-ring (bicyclic) bond motifs is 1. The van der Waals surface area contributed by atoms with Crippen LogP contribution in [0.15, 0.2) is 42.5 Å². The number of hydrogen-bond donors (Lipinski definition) is 0. The van der Waals surface area contributed by atoms with Crippen LogP contribution in [0.4, 0.5) is 10.1 Å². The van der Waals surface area contributed by atoms with Crippen LogP contribution < -0.4 is 9.47 Å². The van der Waals surface area contributed by atoms with Gasteiger partial charge < -0.3 is 14.2 Å². The number of nitrogens with zero attached hydrogens (tertiary/aromatic N) is 1. The van der Waals surface area contributed by atoms with Crippen molar-refractivity contribution in [1.29, 1.82) is 0 Å². The number of nitro groups is 1. The molecule has 0 amide bonds. The molecular weight excluding hydrogens is 361 g/mol. The lowest BCUT2D eigenvalue weighted by atomic mass is 10.1. The number of halogens is 1. The second-order valence-electron chi connectivity index (χ2n) is 5.37. The fraction of sp³-hybridized carbons (Fsp3) is 0.111. The molecule has 0 N–H and O–H groups in total. The Morgan fingerprint density at radius 1 is 1.22 bits per heavy atom. The molecule has 9 heteroatoms. The van der Waals surface area contributed by atoms with E-state index in [1.165, 1.54) is 30.3 Å². The molecule has 1 aliphatic rings. The number of ether oxygens (including phenoxy) is 3. The summed E-state index contributed by atoms with van der Waals surface area (Å²) in [4.78, 5) is 34.1. The molecule has 2 aromatic rings. The molecule has 0 saturated carbocycles. The number of carbonyl (C=O) groups excluding carboxylic acids is 2. The molecule has 2 aromatic carbocycles. The lowest BCUT2D eigenvalue weighted by Crippen LogP contribution is -2.13. The normalized spacial score (nSPS) is 12.2. The monoisotopic (exact) mass is 373 g/mol. The van der Waals surface area contributed by atoms with Crippen LogP contribution in [0, 0.1) is 15.9 Å². The van der Waals surface area contributed by atoms with Gasteiger partial charge in [0.1, 0.15) is 5.82 Å². The van der Waals surface area contributed by atoms with Gasteiger partial charge >= 0.3 is 5.97 Å². The molecular formula is C18H12FNO7. The molecule has 27 heavy (non-hydrogen) atoms. The Hall–Kier alpha value is -3.75. The Morgan fingerprint density at radius 2 is 1.93 bits per heavy atom. The van der Waals surface area contributed by atoms with Crippen LogP contribution in [0.2, 0.25) is 0 Å². The summed E-state index contributed by atoms with van der Waals surface area (Å²) >= 11 is 0. The van der Waals surface area contributed by atoms with E-state index in [2.05, 4.69) is 0 Å². The van der Waals surface area contributed by atoms with Crippen molar-refractivity contribution in [3.63, 3.8) is 0 Å². The third-order valence-corrected chi connectivity index (χ3v) is 3.64. The predicted octanol–water partition coefficient (Wildman–Crippen LogP) is 2.90. The number of hydrogen-bond acceptors (Lipinski definition) is 7. The molecule has 0 saturated heterocycles. The standard InChI is InChI=1S/C18H12FNO7/c19-13-4-2-1-3-12(13)15(21)9-25-18(22)6-5-11-7-16-17(27-10-26-16)8-14(11)20(23)24/h1-8H,9-10H2/b6-5+. The second-order valence-corrected chi connectivity index (χ2v) is 5.37. The first-order valence-corrected chi connectivity index (χ1v) is 7.66. The van der Waals surface area contributed by atoms with Gasteiger partial charge in [0.05, 0.1) is 22.1 Å². The van der Waals surface area contributed by atoms with Crippen LogP contribution in [-0.4, -0.2) is 30.1 Å². The van der Waals surface area contributed by atoms with Crippen LogP contribution in [0.3, 0.4) is 0 Å². The van der Waals surface area contributed by atoms with E-state index in [1.54, 1.807) is 0 Å².